The van der Waals surface area contributed by atoms with Crippen LogP contribution in [-0.2, 0) is 0 Å². The molecule has 3 radical (unpaired) electrons. The summed E-state index contributed by atoms with van der Waals surface area (Å²) < 4.78 is 17.1. The summed E-state index contributed by atoms with van der Waals surface area (Å²) in [6, 6.07) is 72.7. The summed E-state index contributed by atoms with van der Waals surface area (Å²) in [5.74, 6) is 0. The average Bonchev–Trinajstić information content (AvgIpc) is 3.40. The molecule has 3 aromatic heterocycles. The van der Waals surface area contributed by atoms with Gasteiger partial charge >= 0.3 is 16.9 Å². The Morgan fingerprint density at radius 2 is 0.457 bits per heavy atom. The molecular weight excluding hydrogens is 863 g/mol. The Morgan fingerprint density at radius 3 is 0.743 bits per heavy atom. The zero-order valence-electron chi connectivity index (χ0n) is 37.3. The van der Waals surface area contributed by atoms with Crippen molar-refractivity contribution in [1.29, 1.82) is 0 Å². The molecule has 7 heteroatoms. The summed E-state index contributed by atoms with van der Waals surface area (Å²) in [7, 11) is 0. The Balaban J connectivity index is 0.00000505. The molecule has 0 saturated carbocycles. The van der Waals surface area contributed by atoms with Gasteiger partial charge in [0, 0.05) is 40.7 Å². The molecular formula is C63H36BO6. The van der Waals surface area contributed by atoms with Crippen molar-refractivity contribution in [2.24, 2.45) is 0 Å². The minimum absolute atomic E-state index is 0. The van der Waals surface area contributed by atoms with E-state index in [0.717, 1.165) is 99.1 Å². The number of fused-ring (bicyclic) bond motifs is 9. The third kappa shape index (κ3) is 6.94. The van der Waals surface area contributed by atoms with Crippen LogP contribution in [0.2, 0.25) is 0 Å². The lowest BCUT2D eigenvalue weighted by atomic mass is 9.85. The van der Waals surface area contributed by atoms with Gasteiger partial charge in [0.05, 0.1) is 16.2 Å². The second kappa shape index (κ2) is 16.8. The molecule has 0 bridgehead atoms. The van der Waals surface area contributed by atoms with Crippen LogP contribution in [0.25, 0.3) is 132 Å². The fourth-order valence-corrected chi connectivity index (χ4v) is 10.2. The predicted octanol–water partition coefficient (Wildman–Crippen LogP) is 15.1. The number of hydrogen-bond acceptors (Lipinski definition) is 6. The highest BCUT2D eigenvalue weighted by Crippen LogP contribution is 2.44. The maximum Gasteiger partial charge on any atom is 0.344 e. The monoisotopic (exact) mass is 899 g/mol. The number of rotatable bonds is 6. The van der Waals surface area contributed by atoms with Gasteiger partial charge in [-0.2, -0.15) is 0 Å². The van der Waals surface area contributed by atoms with Crippen LogP contribution in [0.15, 0.2) is 246 Å². The van der Waals surface area contributed by atoms with Crippen LogP contribution in [0.3, 0.4) is 0 Å². The quantitative estimate of drug-likeness (QED) is 0.0938. The largest absolute Gasteiger partial charge is 0.422 e. The van der Waals surface area contributed by atoms with Crippen LogP contribution in [0.1, 0.15) is 0 Å². The summed E-state index contributed by atoms with van der Waals surface area (Å²) in [4.78, 5) is 39.6. The van der Waals surface area contributed by atoms with Gasteiger partial charge in [0.1, 0.15) is 16.7 Å². The molecule has 0 unspecified atom stereocenters. The summed E-state index contributed by atoms with van der Waals surface area (Å²) >= 11 is 0. The molecule has 13 rings (SSSR count). The Morgan fingerprint density at radius 1 is 0.214 bits per heavy atom. The molecule has 0 spiro atoms. The molecule has 0 aliphatic heterocycles. The molecule has 0 saturated heterocycles. The lowest BCUT2D eigenvalue weighted by Crippen LogP contribution is -2.00. The van der Waals surface area contributed by atoms with Crippen molar-refractivity contribution >= 4 is 73.6 Å². The topological polar surface area (TPSA) is 90.6 Å². The molecule has 10 aromatic carbocycles. The molecule has 13 aromatic rings. The van der Waals surface area contributed by atoms with E-state index in [2.05, 4.69) is 91.0 Å². The highest BCUT2D eigenvalue weighted by atomic mass is 16.4. The third-order valence-electron chi connectivity index (χ3n) is 13.4. The highest BCUT2D eigenvalue weighted by Gasteiger charge is 2.19. The first-order chi connectivity index (χ1) is 33.9. The molecule has 6 nitrogen and oxygen atoms in total. The van der Waals surface area contributed by atoms with Crippen LogP contribution < -0.4 is 16.9 Å². The second-order valence-electron chi connectivity index (χ2n) is 17.4. The molecule has 0 aliphatic carbocycles. The normalized spacial score (nSPS) is 11.5. The first kappa shape index (κ1) is 42.1. The zero-order chi connectivity index (χ0) is 46.2. The van der Waals surface area contributed by atoms with Gasteiger partial charge in [0.2, 0.25) is 0 Å². The highest BCUT2D eigenvalue weighted by molar-refractivity contribution is 6.09. The van der Waals surface area contributed by atoms with E-state index in [9.17, 15) is 14.4 Å². The van der Waals surface area contributed by atoms with Gasteiger partial charge in [0.25, 0.3) is 0 Å². The standard InChI is InChI=1S/C63H36O6.B/c64-61-52-28-25-37(34-55(52)49-19-7-10-22-58(49)67-61)43-13-1-4-16-46(43)40-31-41(47-17-5-2-14-44(47)38-26-29-53-56(35-38)50-20-8-11-23-59(50)68-62(53)65)33-42(32-40)48-18-6-3-15-45(48)39-27-30-54-57(36-39)51-21-9-12-24-60(51)69-63(54)66;/h1-36H;. The van der Waals surface area contributed by atoms with Gasteiger partial charge in [-0.3, -0.25) is 0 Å². The van der Waals surface area contributed by atoms with Crippen molar-refractivity contribution in [2.45, 2.75) is 0 Å². The first-order valence-electron chi connectivity index (χ1n) is 22.7. The maximum atomic E-state index is 13.2. The number of para-hydroxylation sites is 3. The van der Waals surface area contributed by atoms with Gasteiger partial charge in [-0.05, 0) is 140 Å². The van der Waals surface area contributed by atoms with Crippen molar-refractivity contribution in [2.75, 3.05) is 0 Å². The predicted molar refractivity (Wildman–Crippen MR) is 285 cm³/mol. The fourth-order valence-electron chi connectivity index (χ4n) is 10.2. The minimum Gasteiger partial charge on any atom is -0.422 e. The Bertz CT molecular complexity index is 4000. The van der Waals surface area contributed by atoms with E-state index < -0.39 is 0 Å². The van der Waals surface area contributed by atoms with Crippen LogP contribution in [0, 0.1) is 0 Å². The van der Waals surface area contributed by atoms with E-state index in [0.29, 0.717) is 32.9 Å². The summed E-state index contributed by atoms with van der Waals surface area (Å²) in [5, 5.41) is 6.67. The lowest BCUT2D eigenvalue weighted by molar-refractivity contribution is 0.569. The molecule has 0 amide bonds. The van der Waals surface area contributed by atoms with Crippen molar-refractivity contribution in [1.82, 2.24) is 0 Å². The first-order valence-corrected chi connectivity index (χ1v) is 22.7. The zero-order valence-corrected chi connectivity index (χ0v) is 37.3. The average molecular weight is 900 g/mol. The number of hydrogen-bond donors (Lipinski definition) is 0. The van der Waals surface area contributed by atoms with Gasteiger partial charge in [-0.25, -0.2) is 14.4 Å². The summed E-state index contributed by atoms with van der Waals surface area (Å²) in [6.07, 6.45) is 0. The third-order valence-corrected chi connectivity index (χ3v) is 13.4. The molecule has 3 heterocycles. The van der Waals surface area contributed by atoms with E-state index in [1.54, 1.807) is 0 Å². The van der Waals surface area contributed by atoms with Crippen molar-refractivity contribution in [3.63, 3.8) is 0 Å². The van der Waals surface area contributed by atoms with E-state index in [1.165, 1.54) is 0 Å². The van der Waals surface area contributed by atoms with Gasteiger partial charge in [-0.15, -0.1) is 0 Å². The van der Waals surface area contributed by atoms with Crippen LogP contribution in [0.4, 0.5) is 0 Å². The van der Waals surface area contributed by atoms with Gasteiger partial charge < -0.3 is 13.3 Å². The molecule has 0 atom stereocenters. The molecule has 0 N–H and O–H groups in total. The van der Waals surface area contributed by atoms with Gasteiger partial charge in [0.15, 0.2) is 0 Å². The van der Waals surface area contributed by atoms with Crippen molar-refractivity contribution in [3.05, 3.63) is 250 Å². The van der Waals surface area contributed by atoms with Crippen LogP contribution >= 0.6 is 0 Å². The summed E-state index contributed by atoms with van der Waals surface area (Å²) in [6.45, 7) is 0. The fraction of sp³-hybridized carbons (Fsp3) is 0. The van der Waals surface area contributed by atoms with Gasteiger partial charge in [-0.1, -0.05) is 146 Å². The smallest absolute Gasteiger partial charge is 0.344 e. The van der Waals surface area contributed by atoms with Crippen molar-refractivity contribution < 1.29 is 13.3 Å². The van der Waals surface area contributed by atoms with E-state index in [1.807, 2.05) is 127 Å². The maximum absolute atomic E-state index is 13.2. The van der Waals surface area contributed by atoms with E-state index >= 15 is 0 Å². The second-order valence-corrected chi connectivity index (χ2v) is 17.4. The molecule has 0 aliphatic rings. The Kier molecular flexibility index (Phi) is 10.1. The lowest BCUT2D eigenvalue weighted by Gasteiger charge is -2.18. The molecule has 327 valence electrons. The number of benzene rings is 10. The van der Waals surface area contributed by atoms with Crippen molar-refractivity contribution in [3.8, 4) is 66.8 Å². The van der Waals surface area contributed by atoms with E-state index in [-0.39, 0.29) is 25.3 Å². The van der Waals surface area contributed by atoms with Crippen LogP contribution in [0.5, 0.6) is 0 Å². The van der Waals surface area contributed by atoms with Crippen LogP contribution in [-0.4, -0.2) is 8.41 Å². The minimum atomic E-state index is -0.371. The summed E-state index contributed by atoms with van der Waals surface area (Å²) in [5.41, 5.74) is 12.4. The SMILES string of the molecule is O=c1oc2ccccc2c2cc(-c3ccccc3-c3cc(-c4ccccc4-c4ccc5c(=O)oc6ccccc6c5c4)cc(-c4ccccc4-c4ccc5c(=O)oc6ccccc6c5c4)c3)ccc12.[B]. The molecule has 70 heavy (non-hydrogen) atoms. The Labute approximate surface area is 401 Å². The molecule has 0 fully saturated rings. The van der Waals surface area contributed by atoms with E-state index in [4.69, 9.17) is 13.3 Å². The Hall–Kier alpha value is -9.33.